The van der Waals surface area contributed by atoms with E-state index in [4.69, 9.17) is 0 Å². The largest absolute Gasteiger partial charge is 0.309 e. The lowest BCUT2D eigenvalue weighted by Crippen LogP contribution is -2.00. The van der Waals surface area contributed by atoms with Crippen molar-refractivity contribution in [1.82, 2.24) is 9.13 Å². The number of nitriles is 3. The maximum absolute atomic E-state index is 10.7. The van der Waals surface area contributed by atoms with Crippen molar-refractivity contribution >= 4 is 43.6 Å². The number of aromatic nitrogens is 2. The van der Waals surface area contributed by atoms with Gasteiger partial charge in [0.1, 0.15) is 6.07 Å². The fraction of sp³-hybridized carbons (Fsp3) is 0. The number of fused-ring (bicyclic) bond motifs is 6. The third kappa shape index (κ3) is 4.31. The van der Waals surface area contributed by atoms with Crippen LogP contribution in [0.3, 0.4) is 0 Å². The first kappa shape index (κ1) is 28.8. The number of para-hydroxylation sites is 3. The molecule has 7 aromatic carbocycles. The number of hydrogen-bond donors (Lipinski definition) is 0. The van der Waals surface area contributed by atoms with Crippen molar-refractivity contribution in [3.63, 3.8) is 0 Å². The van der Waals surface area contributed by atoms with Gasteiger partial charge < -0.3 is 9.13 Å². The van der Waals surface area contributed by atoms with E-state index in [0.29, 0.717) is 16.7 Å². The SMILES string of the molecule is N#Cc1ccc(-n2c3ccccc3c3cc(C#N)ccc32)c(-c2cccc(-c3cccc(-n4c5ccccc5c5ccccc54)c3C#N)c2)c1. The minimum Gasteiger partial charge on any atom is -0.309 e. The second-order valence-electron chi connectivity index (χ2n) is 12.3. The highest BCUT2D eigenvalue weighted by Gasteiger charge is 2.20. The molecule has 0 aliphatic rings. The summed E-state index contributed by atoms with van der Waals surface area (Å²) in [5.74, 6) is 0. The van der Waals surface area contributed by atoms with Crippen LogP contribution in [0.15, 0.2) is 152 Å². The zero-order valence-corrected chi connectivity index (χ0v) is 26.7. The molecule has 2 aromatic heterocycles. The van der Waals surface area contributed by atoms with Gasteiger partial charge in [-0.2, -0.15) is 15.8 Å². The van der Waals surface area contributed by atoms with E-state index >= 15 is 0 Å². The highest BCUT2D eigenvalue weighted by molar-refractivity contribution is 6.11. The first-order chi connectivity index (χ1) is 24.7. The molecule has 0 amide bonds. The summed E-state index contributed by atoms with van der Waals surface area (Å²) in [6.07, 6.45) is 0. The second kappa shape index (κ2) is 11.4. The Labute approximate surface area is 287 Å². The summed E-state index contributed by atoms with van der Waals surface area (Å²) in [5.41, 5.74) is 11.1. The molecule has 0 aliphatic carbocycles. The molecule has 0 fully saturated rings. The smallest absolute Gasteiger partial charge is 0.102 e. The Morgan fingerprint density at radius 3 is 1.52 bits per heavy atom. The molecule has 0 saturated carbocycles. The number of rotatable bonds is 4. The average Bonchev–Trinajstić information content (AvgIpc) is 3.70. The molecule has 2 heterocycles. The molecule has 0 N–H and O–H groups in total. The van der Waals surface area contributed by atoms with Gasteiger partial charge in [0.25, 0.3) is 0 Å². The zero-order valence-electron chi connectivity index (χ0n) is 26.7. The molecule has 230 valence electrons. The van der Waals surface area contributed by atoms with Gasteiger partial charge in [-0.25, -0.2) is 0 Å². The van der Waals surface area contributed by atoms with E-state index in [9.17, 15) is 15.8 Å². The van der Waals surface area contributed by atoms with Gasteiger partial charge in [0, 0.05) is 32.7 Å². The van der Waals surface area contributed by atoms with Crippen LogP contribution >= 0.6 is 0 Å². The van der Waals surface area contributed by atoms with Gasteiger partial charge in [0.2, 0.25) is 0 Å². The normalized spacial score (nSPS) is 11.1. The Morgan fingerprint density at radius 2 is 0.880 bits per heavy atom. The van der Waals surface area contributed by atoms with Crippen LogP contribution < -0.4 is 0 Å². The van der Waals surface area contributed by atoms with Gasteiger partial charge in [-0.3, -0.25) is 0 Å². The van der Waals surface area contributed by atoms with Crippen molar-refractivity contribution in [3.8, 4) is 51.8 Å². The van der Waals surface area contributed by atoms with Crippen LogP contribution in [0.2, 0.25) is 0 Å². The fourth-order valence-electron chi connectivity index (χ4n) is 7.45. The lowest BCUT2D eigenvalue weighted by atomic mass is 9.94. The molecule has 0 radical (unpaired) electrons. The third-order valence-electron chi connectivity index (χ3n) is 9.63. The Balaban J connectivity index is 1.26. The predicted molar refractivity (Wildman–Crippen MR) is 200 cm³/mol. The van der Waals surface area contributed by atoms with Crippen molar-refractivity contribution < 1.29 is 0 Å². The van der Waals surface area contributed by atoms with Crippen molar-refractivity contribution in [1.29, 1.82) is 15.8 Å². The molecular formula is C45H25N5. The second-order valence-corrected chi connectivity index (χ2v) is 12.3. The van der Waals surface area contributed by atoms with Gasteiger partial charge in [-0.05, 0) is 77.9 Å². The molecule has 0 bridgehead atoms. The van der Waals surface area contributed by atoms with Gasteiger partial charge in [-0.15, -0.1) is 0 Å². The molecule has 5 nitrogen and oxygen atoms in total. The van der Waals surface area contributed by atoms with Crippen molar-refractivity contribution in [2.24, 2.45) is 0 Å². The summed E-state index contributed by atoms with van der Waals surface area (Å²) in [5, 5.41) is 34.7. The van der Waals surface area contributed by atoms with Crippen molar-refractivity contribution in [2.75, 3.05) is 0 Å². The molecule has 0 aliphatic heterocycles. The average molecular weight is 636 g/mol. The van der Waals surface area contributed by atoms with Crippen LogP contribution in [0.25, 0.3) is 77.2 Å². The monoisotopic (exact) mass is 635 g/mol. The fourth-order valence-corrected chi connectivity index (χ4v) is 7.45. The summed E-state index contributed by atoms with van der Waals surface area (Å²) < 4.78 is 4.39. The van der Waals surface area contributed by atoms with Crippen LogP contribution in [-0.4, -0.2) is 9.13 Å². The molecule has 9 rings (SSSR count). The summed E-state index contributed by atoms with van der Waals surface area (Å²) in [6.45, 7) is 0. The van der Waals surface area contributed by atoms with E-state index < -0.39 is 0 Å². The molecule has 50 heavy (non-hydrogen) atoms. The molecule has 0 unspecified atom stereocenters. The molecule has 5 heteroatoms. The van der Waals surface area contributed by atoms with Crippen LogP contribution in [0, 0.1) is 34.0 Å². The van der Waals surface area contributed by atoms with Crippen LogP contribution in [-0.2, 0) is 0 Å². The Hall–Kier alpha value is -7.39. The molecule has 0 spiro atoms. The molecule has 0 atom stereocenters. The maximum atomic E-state index is 10.7. The Kier molecular flexibility index (Phi) is 6.56. The van der Waals surface area contributed by atoms with E-state index in [1.807, 2.05) is 109 Å². The van der Waals surface area contributed by atoms with E-state index in [2.05, 4.69) is 69.8 Å². The summed E-state index contributed by atoms with van der Waals surface area (Å²) in [4.78, 5) is 0. The van der Waals surface area contributed by atoms with Crippen LogP contribution in [0.1, 0.15) is 16.7 Å². The standard InChI is InChI=1S/C45H25N5/c46-26-29-19-21-44(50-42-17-6-3-13-36(42)38-24-30(27-47)20-22-45(38)50)37(23-29)32-10-7-9-31(25-32)33-14-8-18-43(39(33)28-48)49-40-15-4-1-11-34(40)35-12-2-5-16-41(35)49/h1-25H. The number of hydrogen-bond acceptors (Lipinski definition) is 3. The van der Waals surface area contributed by atoms with E-state index in [1.165, 1.54) is 0 Å². The van der Waals surface area contributed by atoms with Gasteiger partial charge in [-0.1, -0.05) is 84.9 Å². The highest BCUT2D eigenvalue weighted by Crippen LogP contribution is 2.40. The quantitative estimate of drug-likeness (QED) is 0.193. The van der Waals surface area contributed by atoms with E-state index in [1.54, 1.807) is 0 Å². The minimum absolute atomic E-state index is 0.549. The first-order valence-electron chi connectivity index (χ1n) is 16.3. The maximum Gasteiger partial charge on any atom is 0.102 e. The summed E-state index contributed by atoms with van der Waals surface area (Å²) in [7, 11) is 0. The summed E-state index contributed by atoms with van der Waals surface area (Å²) in [6, 6.07) is 57.7. The van der Waals surface area contributed by atoms with Gasteiger partial charge >= 0.3 is 0 Å². The zero-order chi connectivity index (χ0) is 33.8. The van der Waals surface area contributed by atoms with Crippen LogP contribution in [0.5, 0.6) is 0 Å². The highest BCUT2D eigenvalue weighted by atomic mass is 15.0. The summed E-state index contributed by atoms with van der Waals surface area (Å²) >= 11 is 0. The number of nitrogens with zero attached hydrogens (tertiary/aromatic N) is 5. The lowest BCUT2D eigenvalue weighted by molar-refractivity contribution is 1.17. The third-order valence-corrected chi connectivity index (χ3v) is 9.63. The van der Waals surface area contributed by atoms with Gasteiger partial charge in [0.15, 0.2) is 0 Å². The molecule has 9 aromatic rings. The Morgan fingerprint density at radius 1 is 0.360 bits per heavy atom. The number of benzene rings is 7. The van der Waals surface area contributed by atoms with Crippen LogP contribution in [0.4, 0.5) is 0 Å². The Bertz CT molecular complexity index is 2920. The van der Waals surface area contributed by atoms with Crippen molar-refractivity contribution in [2.45, 2.75) is 0 Å². The van der Waals surface area contributed by atoms with E-state index in [-0.39, 0.29) is 0 Å². The lowest BCUT2D eigenvalue weighted by Gasteiger charge is -2.16. The minimum atomic E-state index is 0.549. The predicted octanol–water partition coefficient (Wildman–Crippen LogP) is 10.8. The van der Waals surface area contributed by atoms with E-state index in [0.717, 1.165) is 77.2 Å². The first-order valence-corrected chi connectivity index (χ1v) is 16.3. The molecular weight excluding hydrogens is 611 g/mol. The topological polar surface area (TPSA) is 81.2 Å². The van der Waals surface area contributed by atoms with Crippen molar-refractivity contribution in [3.05, 3.63) is 168 Å². The van der Waals surface area contributed by atoms with Gasteiger partial charge in [0.05, 0.1) is 62.3 Å². The molecule has 0 saturated heterocycles.